The van der Waals surface area contributed by atoms with E-state index in [1.807, 2.05) is 25.1 Å². The van der Waals surface area contributed by atoms with E-state index in [-0.39, 0.29) is 5.91 Å². The Kier molecular flexibility index (Phi) is 4.25. The second-order valence-electron chi connectivity index (χ2n) is 5.00. The van der Waals surface area contributed by atoms with Gasteiger partial charge in [-0.15, -0.1) is 0 Å². The number of carbonyl (C=O) groups excluding carboxylic acids is 1. The zero-order valence-corrected chi connectivity index (χ0v) is 14.2. The van der Waals surface area contributed by atoms with Crippen LogP contribution in [0.3, 0.4) is 0 Å². The molecule has 0 unspecified atom stereocenters. The molecule has 0 saturated heterocycles. The number of aryl methyl sites for hydroxylation is 1. The largest absolute Gasteiger partial charge is 0.494 e. The molecule has 2 heterocycles. The van der Waals surface area contributed by atoms with E-state index in [4.69, 9.17) is 4.74 Å². The number of nitrogens with one attached hydrogen (secondary N) is 1. The highest BCUT2D eigenvalue weighted by molar-refractivity contribution is 9.10. The Morgan fingerprint density at radius 1 is 1.26 bits per heavy atom. The van der Waals surface area contributed by atoms with Crippen molar-refractivity contribution in [3.63, 3.8) is 0 Å². The van der Waals surface area contributed by atoms with Crippen molar-refractivity contribution in [1.29, 1.82) is 0 Å². The molecule has 0 fully saturated rings. The topological polar surface area (TPSA) is 64.1 Å². The van der Waals surface area contributed by atoms with Gasteiger partial charge in [0.1, 0.15) is 11.4 Å². The lowest BCUT2D eigenvalue weighted by atomic mass is 10.1. The van der Waals surface area contributed by atoms with Gasteiger partial charge < -0.3 is 10.1 Å². The SMILES string of the molecule is COc1ccncc1NC(=O)c1cc(C)nc2ccc(Br)cc12. The van der Waals surface area contributed by atoms with Crippen molar-refractivity contribution in [2.24, 2.45) is 0 Å². The van der Waals surface area contributed by atoms with E-state index in [0.717, 1.165) is 21.1 Å². The first-order chi connectivity index (χ1) is 11.1. The molecule has 0 aliphatic heterocycles. The smallest absolute Gasteiger partial charge is 0.256 e. The van der Waals surface area contributed by atoms with E-state index < -0.39 is 0 Å². The van der Waals surface area contributed by atoms with E-state index in [1.54, 1.807) is 31.6 Å². The van der Waals surface area contributed by atoms with E-state index in [1.165, 1.54) is 0 Å². The fourth-order valence-corrected chi connectivity index (χ4v) is 2.72. The third kappa shape index (κ3) is 3.17. The van der Waals surface area contributed by atoms with Gasteiger partial charge in [-0.25, -0.2) is 0 Å². The zero-order valence-electron chi connectivity index (χ0n) is 12.6. The number of anilines is 1. The number of aromatic nitrogens is 2. The lowest BCUT2D eigenvalue weighted by molar-refractivity contribution is 0.102. The van der Waals surface area contributed by atoms with Crippen molar-refractivity contribution in [2.45, 2.75) is 6.92 Å². The van der Waals surface area contributed by atoms with Crippen LogP contribution in [0.4, 0.5) is 5.69 Å². The summed E-state index contributed by atoms with van der Waals surface area (Å²) in [5, 5.41) is 3.63. The number of hydrogen-bond acceptors (Lipinski definition) is 4. The summed E-state index contributed by atoms with van der Waals surface area (Å²) in [7, 11) is 1.55. The van der Waals surface area contributed by atoms with Gasteiger partial charge >= 0.3 is 0 Å². The second kappa shape index (κ2) is 6.34. The Hall–Kier alpha value is -2.47. The number of rotatable bonds is 3. The first-order valence-electron chi connectivity index (χ1n) is 6.95. The van der Waals surface area contributed by atoms with Gasteiger partial charge in [-0.1, -0.05) is 15.9 Å². The van der Waals surface area contributed by atoms with Crippen LogP contribution >= 0.6 is 15.9 Å². The number of benzene rings is 1. The van der Waals surface area contributed by atoms with Crippen LogP contribution in [-0.4, -0.2) is 23.0 Å². The summed E-state index contributed by atoms with van der Waals surface area (Å²) in [5.74, 6) is 0.328. The fraction of sp³-hybridized carbons (Fsp3) is 0.118. The zero-order chi connectivity index (χ0) is 16.4. The minimum Gasteiger partial charge on any atom is -0.494 e. The Morgan fingerprint density at radius 3 is 2.87 bits per heavy atom. The lowest BCUT2D eigenvalue weighted by Crippen LogP contribution is -2.14. The molecular weight excluding hydrogens is 358 g/mol. The van der Waals surface area contributed by atoms with Gasteiger partial charge in [0.15, 0.2) is 0 Å². The van der Waals surface area contributed by atoms with Crippen molar-refractivity contribution < 1.29 is 9.53 Å². The molecule has 1 aromatic carbocycles. The summed E-state index contributed by atoms with van der Waals surface area (Å²) in [5.41, 5.74) is 2.64. The van der Waals surface area contributed by atoms with E-state index in [9.17, 15) is 4.79 Å². The fourth-order valence-electron chi connectivity index (χ4n) is 2.36. The number of amides is 1. The summed E-state index contributed by atoms with van der Waals surface area (Å²) in [6.45, 7) is 1.86. The number of ether oxygens (including phenoxy) is 1. The quantitative estimate of drug-likeness (QED) is 0.756. The average Bonchev–Trinajstić information content (AvgIpc) is 2.55. The monoisotopic (exact) mass is 371 g/mol. The molecular formula is C17H14BrN3O2. The molecule has 0 aliphatic carbocycles. The molecule has 3 aromatic rings. The third-order valence-corrected chi connectivity index (χ3v) is 3.89. The molecule has 2 aromatic heterocycles. The van der Waals surface area contributed by atoms with Gasteiger partial charge in [-0.05, 0) is 31.2 Å². The van der Waals surface area contributed by atoms with Crippen LogP contribution in [0.5, 0.6) is 5.75 Å². The maximum atomic E-state index is 12.7. The van der Waals surface area contributed by atoms with Crippen LogP contribution in [0, 0.1) is 6.92 Å². The van der Waals surface area contributed by atoms with E-state index in [0.29, 0.717) is 17.0 Å². The summed E-state index contributed by atoms with van der Waals surface area (Å²) >= 11 is 3.43. The highest BCUT2D eigenvalue weighted by Crippen LogP contribution is 2.26. The Labute approximate surface area is 141 Å². The van der Waals surface area contributed by atoms with Gasteiger partial charge in [-0.2, -0.15) is 0 Å². The molecule has 0 spiro atoms. The predicted molar refractivity (Wildman–Crippen MR) is 92.9 cm³/mol. The lowest BCUT2D eigenvalue weighted by Gasteiger charge is -2.11. The number of halogens is 1. The molecule has 0 saturated carbocycles. The van der Waals surface area contributed by atoms with Crippen LogP contribution in [0.2, 0.25) is 0 Å². The van der Waals surface area contributed by atoms with Crippen molar-refractivity contribution in [3.8, 4) is 5.75 Å². The maximum absolute atomic E-state index is 12.7. The first kappa shape index (κ1) is 15.4. The van der Waals surface area contributed by atoms with Gasteiger partial charge in [0.05, 0.1) is 24.4 Å². The Morgan fingerprint density at radius 2 is 2.09 bits per heavy atom. The van der Waals surface area contributed by atoms with Crippen LogP contribution in [0.15, 0.2) is 47.2 Å². The van der Waals surface area contributed by atoms with Gasteiger partial charge in [0.2, 0.25) is 0 Å². The summed E-state index contributed by atoms with van der Waals surface area (Å²) in [6, 6.07) is 9.14. The van der Waals surface area contributed by atoms with E-state index in [2.05, 4.69) is 31.2 Å². The van der Waals surface area contributed by atoms with Gasteiger partial charge in [0.25, 0.3) is 5.91 Å². The Bertz CT molecular complexity index is 896. The highest BCUT2D eigenvalue weighted by atomic mass is 79.9. The van der Waals surface area contributed by atoms with Crippen molar-refractivity contribution in [1.82, 2.24) is 9.97 Å². The average molecular weight is 372 g/mol. The van der Waals surface area contributed by atoms with Crippen LogP contribution in [-0.2, 0) is 0 Å². The molecule has 0 bridgehead atoms. The van der Waals surface area contributed by atoms with Crippen molar-refractivity contribution in [3.05, 3.63) is 58.5 Å². The molecule has 0 aliphatic rings. The second-order valence-corrected chi connectivity index (χ2v) is 5.92. The molecule has 1 amide bonds. The molecule has 1 N–H and O–H groups in total. The van der Waals surface area contributed by atoms with Crippen molar-refractivity contribution >= 4 is 38.4 Å². The molecule has 0 radical (unpaired) electrons. The van der Waals surface area contributed by atoms with Crippen LogP contribution in [0.25, 0.3) is 10.9 Å². The van der Waals surface area contributed by atoms with E-state index >= 15 is 0 Å². The molecule has 23 heavy (non-hydrogen) atoms. The standard InChI is InChI=1S/C17H14BrN3O2/c1-10-7-13(12-8-11(18)3-4-14(12)20-10)17(22)21-15-9-19-6-5-16(15)23-2/h3-9H,1-2H3,(H,21,22). The van der Waals surface area contributed by atoms with Gasteiger partial charge in [0, 0.05) is 27.8 Å². The Balaban J connectivity index is 2.05. The normalized spacial score (nSPS) is 10.6. The predicted octanol–water partition coefficient (Wildman–Crippen LogP) is 3.96. The number of hydrogen-bond donors (Lipinski definition) is 1. The number of nitrogens with zero attached hydrogens (tertiary/aromatic N) is 2. The third-order valence-electron chi connectivity index (χ3n) is 3.39. The minimum absolute atomic E-state index is 0.232. The molecule has 5 nitrogen and oxygen atoms in total. The summed E-state index contributed by atoms with van der Waals surface area (Å²) in [4.78, 5) is 21.2. The van der Waals surface area contributed by atoms with Crippen molar-refractivity contribution in [2.75, 3.05) is 12.4 Å². The number of carbonyl (C=O) groups is 1. The number of methoxy groups -OCH3 is 1. The van der Waals surface area contributed by atoms with Crippen LogP contribution < -0.4 is 10.1 Å². The molecule has 6 heteroatoms. The maximum Gasteiger partial charge on any atom is 0.256 e. The first-order valence-corrected chi connectivity index (χ1v) is 7.74. The van der Waals surface area contributed by atoms with Crippen LogP contribution in [0.1, 0.15) is 16.1 Å². The highest BCUT2D eigenvalue weighted by Gasteiger charge is 2.14. The summed E-state index contributed by atoms with van der Waals surface area (Å²) in [6.07, 6.45) is 3.17. The molecule has 3 rings (SSSR count). The molecule has 116 valence electrons. The number of fused-ring (bicyclic) bond motifs is 1. The summed E-state index contributed by atoms with van der Waals surface area (Å²) < 4.78 is 6.13. The molecule has 0 atom stereocenters. The number of pyridine rings is 2. The van der Waals surface area contributed by atoms with Gasteiger partial charge in [-0.3, -0.25) is 14.8 Å². The minimum atomic E-state index is -0.232.